The van der Waals surface area contributed by atoms with Gasteiger partial charge in [-0.1, -0.05) is 6.07 Å². The quantitative estimate of drug-likeness (QED) is 0.700. The minimum absolute atomic E-state index is 0.0280. The van der Waals surface area contributed by atoms with Gasteiger partial charge in [-0.05, 0) is 45.7 Å². The number of benzene rings is 1. The number of likely N-dealkylation sites (tertiary alicyclic amines) is 1. The Hall–Kier alpha value is -1.83. The Morgan fingerprint density at radius 3 is 2.37 bits per heavy atom. The summed E-state index contributed by atoms with van der Waals surface area (Å²) in [6.45, 7) is 6.59. The van der Waals surface area contributed by atoms with E-state index in [2.05, 4.69) is 0 Å². The molecule has 4 nitrogen and oxygen atoms in total. The number of ether oxygens (including phenoxy) is 2. The third-order valence-corrected chi connectivity index (χ3v) is 4.88. The normalized spacial score (nSPS) is 19.6. The fourth-order valence-electron chi connectivity index (χ4n) is 3.55. The summed E-state index contributed by atoms with van der Waals surface area (Å²) in [5, 5.41) is 0. The first kappa shape index (κ1) is 19.9. The second kappa shape index (κ2) is 6.65. The monoisotopic (exact) mass is 389 g/mol. The molecule has 0 bridgehead atoms. The second-order valence-electron chi connectivity index (χ2n) is 8.48. The highest BCUT2D eigenvalue weighted by Crippen LogP contribution is 2.50. The Kier molecular flexibility index (Phi) is 4.91. The summed E-state index contributed by atoms with van der Waals surface area (Å²) in [4.78, 5) is 13.6. The number of nitrogens with zero attached hydrogens (tertiary/aromatic N) is 1. The molecule has 3 rings (SSSR count). The lowest BCUT2D eigenvalue weighted by atomic mass is 9.62. The van der Waals surface area contributed by atoms with Crippen LogP contribution in [0.1, 0.15) is 44.7 Å². The average molecular weight is 389 g/mol. The van der Waals surface area contributed by atoms with Crippen molar-refractivity contribution in [1.29, 1.82) is 0 Å². The molecule has 1 aliphatic carbocycles. The number of carbonyl (C=O) groups excluding carboxylic acids is 1. The number of rotatable bonds is 3. The second-order valence-corrected chi connectivity index (χ2v) is 8.48. The van der Waals surface area contributed by atoms with E-state index >= 15 is 0 Å². The molecule has 0 radical (unpaired) electrons. The molecular formula is C19H23F4NO3. The highest BCUT2D eigenvalue weighted by molar-refractivity contribution is 5.69. The predicted molar refractivity (Wildman–Crippen MR) is 89.5 cm³/mol. The molecule has 27 heavy (non-hydrogen) atoms. The maximum absolute atomic E-state index is 13.8. The van der Waals surface area contributed by atoms with Crippen molar-refractivity contribution in [3.63, 3.8) is 0 Å². The van der Waals surface area contributed by atoms with Gasteiger partial charge in [0.15, 0.2) is 0 Å². The van der Waals surface area contributed by atoms with Gasteiger partial charge in [0.05, 0.1) is 18.3 Å². The Morgan fingerprint density at radius 2 is 1.85 bits per heavy atom. The van der Waals surface area contributed by atoms with Crippen LogP contribution in [0.15, 0.2) is 18.2 Å². The van der Waals surface area contributed by atoms with E-state index in [0.29, 0.717) is 19.2 Å². The molecule has 1 aromatic rings. The van der Waals surface area contributed by atoms with Crippen molar-refractivity contribution in [2.24, 2.45) is 5.41 Å². The topological polar surface area (TPSA) is 38.8 Å². The van der Waals surface area contributed by atoms with E-state index in [9.17, 15) is 22.4 Å². The molecule has 150 valence electrons. The average Bonchev–Trinajstić information content (AvgIpc) is 2.42. The van der Waals surface area contributed by atoms with Gasteiger partial charge in [-0.25, -0.2) is 9.18 Å². The first-order valence-corrected chi connectivity index (χ1v) is 8.82. The summed E-state index contributed by atoms with van der Waals surface area (Å²) < 4.78 is 62.4. The van der Waals surface area contributed by atoms with E-state index in [1.807, 2.05) is 20.8 Å². The molecular weight excluding hydrogens is 366 g/mol. The minimum Gasteiger partial charge on any atom is -0.444 e. The zero-order valence-electron chi connectivity index (χ0n) is 15.5. The van der Waals surface area contributed by atoms with E-state index in [0.717, 1.165) is 25.0 Å². The number of hydrogen-bond acceptors (Lipinski definition) is 3. The third kappa shape index (κ3) is 4.54. The lowest BCUT2D eigenvalue weighted by Gasteiger charge is -2.58. The van der Waals surface area contributed by atoms with E-state index in [-0.39, 0.29) is 29.8 Å². The molecule has 8 heteroatoms. The first-order chi connectivity index (χ1) is 12.4. The highest BCUT2D eigenvalue weighted by atomic mass is 19.4. The number of halogens is 4. The van der Waals surface area contributed by atoms with E-state index < -0.39 is 23.2 Å². The predicted octanol–water partition coefficient (Wildman–Crippen LogP) is 4.76. The van der Waals surface area contributed by atoms with Gasteiger partial charge in [0, 0.05) is 24.1 Å². The van der Waals surface area contributed by atoms with Gasteiger partial charge in [-0.2, -0.15) is 13.2 Å². The lowest BCUT2D eigenvalue weighted by Crippen LogP contribution is -2.65. The van der Waals surface area contributed by atoms with E-state index in [4.69, 9.17) is 9.47 Å². The lowest BCUT2D eigenvalue weighted by molar-refractivity contribution is -0.151. The summed E-state index contributed by atoms with van der Waals surface area (Å²) in [6.07, 6.45) is -3.48. The van der Waals surface area contributed by atoms with E-state index in [1.54, 1.807) is 4.90 Å². The molecule has 0 atom stereocenters. The standard InChI is InChI=1S/C19H23F4NO3/c1-17(2,3)27-16(25)24-10-18(11-24)7-14(8-18)26-9-12-4-5-13(6-15(12)20)19(21,22)23/h4-6,14H,7-11H2,1-3H3. The zero-order valence-corrected chi connectivity index (χ0v) is 15.5. The number of amides is 1. The van der Waals surface area contributed by atoms with Crippen LogP contribution in [-0.2, 0) is 22.3 Å². The van der Waals surface area contributed by atoms with Gasteiger partial charge in [0.1, 0.15) is 11.4 Å². The van der Waals surface area contributed by atoms with Gasteiger partial charge in [0.25, 0.3) is 0 Å². The van der Waals surface area contributed by atoms with Gasteiger partial charge in [-0.15, -0.1) is 0 Å². The Bertz CT molecular complexity index is 713. The SMILES string of the molecule is CC(C)(C)OC(=O)N1CC2(CC(OCc3ccc(C(F)(F)F)cc3F)C2)C1. The maximum Gasteiger partial charge on any atom is 0.416 e. The summed E-state index contributed by atoms with van der Waals surface area (Å²) in [7, 11) is 0. The van der Waals surface area contributed by atoms with Crippen LogP contribution in [0.4, 0.5) is 22.4 Å². The molecule has 1 saturated carbocycles. The van der Waals surface area contributed by atoms with Crippen molar-refractivity contribution in [2.45, 2.75) is 58.1 Å². The molecule has 0 N–H and O–H groups in total. The van der Waals surface area contributed by atoms with Crippen LogP contribution in [0.25, 0.3) is 0 Å². The summed E-state index contributed by atoms with van der Waals surface area (Å²) >= 11 is 0. The number of carbonyl (C=O) groups is 1. The Balaban J connectivity index is 1.43. The molecule has 1 spiro atoms. The van der Waals surface area contributed by atoms with Gasteiger partial charge in [0.2, 0.25) is 0 Å². The van der Waals surface area contributed by atoms with Gasteiger partial charge < -0.3 is 14.4 Å². The molecule has 0 unspecified atom stereocenters. The number of hydrogen-bond donors (Lipinski definition) is 0. The Morgan fingerprint density at radius 1 is 1.22 bits per heavy atom. The van der Waals surface area contributed by atoms with Crippen LogP contribution in [0.2, 0.25) is 0 Å². The molecule has 1 amide bonds. The molecule has 2 aliphatic rings. The van der Waals surface area contributed by atoms with Crippen molar-refractivity contribution < 1.29 is 31.8 Å². The van der Waals surface area contributed by atoms with Crippen LogP contribution < -0.4 is 0 Å². The smallest absolute Gasteiger partial charge is 0.416 e. The van der Waals surface area contributed by atoms with Crippen LogP contribution in [0.5, 0.6) is 0 Å². The van der Waals surface area contributed by atoms with Crippen LogP contribution in [0, 0.1) is 11.2 Å². The van der Waals surface area contributed by atoms with Crippen molar-refractivity contribution in [3.8, 4) is 0 Å². The van der Waals surface area contributed by atoms with Gasteiger partial charge >= 0.3 is 12.3 Å². The largest absolute Gasteiger partial charge is 0.444 e. The molecule has 1 heterocycles. The summed E-state index contributed by atoms with van der Waals surface area (Å²) in [5.74, 6) is -0.918. The van der Waals surface area contributed by atoms with Crippen molar-refractivity contribution in [3.05, 3.63) is 35.1 Å². The molecule has 1 aliphatic heterocycles. The van der Waals surface area contributed by atoms with Crippen LogP contribution in [-0.4, -0.2) is 35.8 Å². The van der Waals surface area contributed by atoms with E-state index in [1.165, 1.54) is 0 Å². The van der Waals surface area contributed by atoms with Crippen LogP contribution in [0.3, 0.4) is 0 Å². The third-order valence-electron chi connectivity index (χ3n) is 4.88. The van der Waals surface area contributed by atoms with Crippen molar-refractivity contribution >= 4 is 6.09 Å². The fourth-order valence-corrected chi connectivity index (χ4v) is 3.55. The fraction of sp³-hybridized carbons (Fsp3) is 0.632. The number of alkyl halides is 3. The van der Waals surface area contributed by atoms with Crippen molar-refractivity contribution in [2.75, 3.05) is 13.1 Å². The Labute approximate surface area is 155 Å². The van der Waals surface area contributed by atoms with Gasteiger partial charge in [-0.3, -0.25) is 0 Å². The van der Waals surface area contributed by atoms with Crippen LogP contribution >= 0.6 is 0 Å². The minimum atomic E-state index is -4.56. The van der Waals surface area contributed by atoms with Crippen molar-refractivity contribution in [1.82, 2.24) is 4.90 Å². The highest BCUT2D eigenvalue weighted by Gasteiger charge is 2.54. The molecule has 0 aromatic heterocycles. The molecule has 2 fully saturated rings. The maximum atomic E-state index is 13.8. The molecule has 1 saturated heterocycles. The zero-order chi connectivity index (χ0) is 20.0. The summed E-state index contributed by atoms with van der Waals surface area (Å²) in [5.41, 5.74) is -1.41. The summed E-state index contributed by atoms with van der Waals surface area (Å²) in [6, 6.07) is 2.46. The first-order valence-electron chi connectivity index (χ1n) is 8.82. The molecule has 1 aromatic carbocycles.